The van der Waals surface area contributed by atoms with E-state index in [1.54, 1.807) is 18.2 Å². The van der Waals surface area contributed by atoms with Gasteiger partial charge in [-0.05, 0) is 42.0 Å². The van der Waals surface area contributed by atoms with E-state index in [4.69, 9.17) is 33.2 Å². The first kappa shape index (κ1) is 36.7. The molecular weight excluding hydrogens is 619 g/mol. The van der Waals surface area contributed by atoms with E-state index >= 15 is 0 Å². The Morgan fingerprint density at radius 3 is 1.71 bits per heavy atom. The molecular formula is C34H35Cl2CuN2O3. The van der Waals surface area contributed by atoms with Gasteiger partial charge in [-0.25, -0.2) is 4.98 Å². The van der Waals surface area contributed by atoms with E-state index in [9.17, 15) is 14.7 Å². The van der Waals surface area contributed by atoms with E-state index in [2.05, 4.69) is 71.0 Å². The van der Waals surface area contributed by atoms with Crippen molar-refractivity contribution in [2.75, 3.05) is 5.34 Å². The Kier molecular flexibility index (Phi) is 16.6. The normalized spacial score (nSPS) is 10.5. The zero-order valence-corrected chi connectivity index (χ0v) is 26.7. The number of carboxylic acids is 1. The van der Waals surface area contributed by atoms with Crippen molar-refractivity contribution in [1.82, 2.24) is 4.98 Å². The summed E-state index contributed by atoms with van der Waals surface area (Å²) in [6.45, 7) is 11.0. The van der Waals surface area contributed by atoms with Crippen LogP contribution in [-0.4, -0.2) is 27.8 Å². The predicted molar refractivity (Wildman–Crippen MR) is 169 cm³/mol. The molecule has 0 radical (unpaired) electrons. The second kappa shape index (κ2) is 19.0. The van der Waals surface area contributed by atoms with E-state index in [1.165, 1.54) is 23.3 Å². The van der Waals surface area contributed by atoms with Gasteiger partial charge in [-0.1, -0.05) is 113 Å². The van der Waals surface area contributed by atoms with Gasteiger partial charge in [-0.15, -0.1) is 23.2 Å². The number of aliphatic carboxylic acids is 1. The first-order chi connectivity index (χ1) is 19.6. The molecule has 8 heteroatoms. The molecule has 0 fully saturated rings. The summed E-state index contributed by atoms with van der Waals surface area (Å²) in [5.41, 5.74) is 7.80. The van der Waals surface area contributed by atoms with Gasteiger partial charge < -0.3 is 9.90 Å². The van der Waals surface area contributed by atoms with Gasteiger partial charge >= 0.3 is 17.1 Å². The van der Waals surface area contributed by atoms with Gasteiger partial charge in [0.2, 0.25) is 5.78 Å². The Bertz CT molecular complexity index is 1420. The number of para-hydroxylation sites is 1. The first-order valence-electron chi connectivity index (χ1n) is 13.2. The number of rotatable bonds is 7. The molecule has 0 N–H and O–H groups in total. The van der Waals surface area contributed by atoms with Crippen LogP contribution in [0.1, 0.15) is 73.6 Å². The maximum Gasteiger partial charge on any atom is 1.00 e. The molecule has 1 heterocycles. The fourth-order valence-corrected chi connectivity index (χ4v) is 3.98. The zero-order valence-electron chi connectivity index (χ0n) is 24.3. The first-order valence-corrected chi connectivity index (χ1v) is 14.3. The van der Waals surface area contributed by atoms with Crippen molar-refractivity contribution >= 4 is 46.4 Å². The van der Waals surface area contributed by atoms with E-state index < -0.39 is 11.8 Å². The van der Waals surface area contributed by atoms with Gasteiger partial charge in [0, 0.05) is 11.1 Å². The smallest absolute Gasteiger partial charge is 0.541 e. The number of pyridine rings is 1. The molecule has 0 unspecified atom stereocenters. The molecule has 42 heavy (non-hydrogen) atoms. The number of aromatic nitrogens is 1. The molecule has 3 aromatic carbocycles. The number of alkyl halides is 2. The second-order valence-corrected chi connectivity index (χ2v) is 10.5. The summed E-state index contributed by atoms with van der Waals surface area (Å²) in [5.74, 6) is -1.79. The van der Waals surface area contributed by atoms with Crippen molar-refractivity contribution in [2.45, 2.75) is 46.5 Å². The zero-order chi connectivity index (χ0) is 30.4. The molecule has 0 aliphatic carbocycles. The molecule has 0 saturated heterocycles. The summed E-state index contributed by atoms with van der Waals surface area (Å²) in [4.78, 5) is 30.6. The van der Waals surface area contributed by atoms with Gasteiger partial charge in [-0.2, -0.15) is 0 Å². The number of hydrogen-bond donors (Lipinski definition) is 0. The van der Waals surface area contributed by atoms with Crippen LogP contribution in [-0.2, 0) is 21.9 Å². The van der Waals surface area contributed by atoms with Crippen molar-refractivity contribution in [1.29, 1.82) is 0 Å². The minimum Gasteiger partial charge on any atom is -0.541 e. The maximum absolute atomic E-state index is 10.7. The maximum atomic E-state index is 10.7. The molecule has 0 aliphatic rings. The largest absolute Gasteiger partial charge is 1.00 e. The monoisotopic (exact) mass is 652 g/mol. The van der Waals surface area contributed by atoms with Crippen LogP contribution in [0.15, 0.2) is 102 Å². The minimum atomic E-state index is -1.67. The number of hydrogen-bond acceptors (Lipinski definition) is 5. The van der Waals surface area contributed by atoms with Crippen molar-refractivity contribution in [2.24, 2.45) is 4.99 Å². The number of benzene rings is 3. The molecule has 1 aromatic heterocycles. The van der Waals surface area contributed by atoms with E-state index in [0.717, 1.165) is 28.4 Å². The average Bonchev–Trinajstić information content (AvgIpc) is 2.98. The molecule has 224 valence electrons. The van der Waals surface area contributed by atoms with Crippen LogP contribution < -0.4 is 5.11 Å². The third kappa shape index (κ3) is 11.2. The van der Waals surface area contributed by atoms with Crippen molar-refractivity contribution < 1.29 is 31.8 Å². The van der Waals surface area contributed by atoms with Gasteiger partial charge in [-0.3, -0.25) is 9.79 Å². The van der Waals surface area contributed by atoms with Crippen LogP contribution in [0.2, 0.25) is 0 Å². The Morgan fingerprint density at radius 1 is 0.762 bits per heavy atom. The summed E-state index contributed by atoms with van der Waals surface area (Å²) >= 11 is 9.53. The van der Waals surface area contributed by atoms with Crippen LogP contribution in [0.4, 0.5) is 5.69 Å². The molecule has 0 aliphatic heterocycles. The molecule has 0 saturated carbocycles. The van der Waals surface area contributed by atoms with Gasteiger partial charge in [0.25, 0.3) is 0 Å². The fourth-order valence-electron chi connectivity index (χ4n) is 3.98. The average molecular weight is 654 g/mol. The number of Topliss-reactive ketones (excluding diaryl/α,β-unsaturated/α-hetero) is 1. The summed E-state index contributed by atoms with van der Waals surface area (Å²) < 4.78 is 0. The van der Waals surface area contributed by atoms with Gasteiger partial charge in [0.05, 0.1) is 28.1 Å². The Hall–Kier alpha value is -3.28. The number of carbonyl (C=O) groups is 2. The summed E-state index contributed by atoms with van der Waals surface area (Å²) in [6.07, 6.45) is 0. The predicted octanol–water partition coefficient (Wildman–Crippen LogP) is 8.17. The van der Waals surface area contributed by atoms with Crippen LogP contribution in [0.5, 0.6) is 0 Å². The molecule has 5 nitrogen and oxygen atoms in total. The van der Waals surface area contributed by atoms with Crippen LogP contribution >= 0.6 is 23.2 Å². The number of carbonyl (C=O) groups excluding carboxylic acids is 2. The van der Waals surface area contributed by atoms with Crippen molar-refractivity contribution in [3.63, 3.8) is 0 Å². The molecule has 4 rings (SSSR count). The molecule has 4 aromatic rings. The van der Waals surface area contributed by atoms with Crippen molar-refractivity contribution in [3.05, 3.63) is 119 Å². The summed E-state index contributed by atoms with van der Waals surface area (Å²) in [7, 11) is 0. The summed E-state index contributed by atoms with van der Waals surface area (Å²) in [6, 6.07) is 30.7. The number of aliphatic imine (C=N–C) groups is 1. The minimum absolute atomic E-state index is 0. The summed E-state index contributed by atoms with van der Waals surface area (Å²) in [5, 5.41) is 10.2. The third-order valence-corrected chi connectivity index (χ3v) is 6.03. The van der Waals surface area contributed by atoms with Crippen LogP contribution in [0, 0.1) is 0 Å². The number of halogens is 2. The fraction of sp³-hybridized carbons (Fsp3) is 0.235. The van der Waals surface area contributed by atoms with Gasteiger partial charge in [0.15, 0.2) is 0 Å². The molecule has 0 bridgehead atoms. The van der Waals surface area contributed by atoms with E-state index in [-0.39, 0.29) is 28.0 Å². The standard InChI is InChI=1S/C25H28N2.C8H6O3.CH2Cl2.Cu/c1-17(2)21-13-9-14-22(18(3)4)25(21)26-19(5)23-15-10-16-24(27-23)20-11-7-6-8-12-20;9-7(8(10)11)6-4-2-1-3-5-6;2-1-3;/h6-18H,1-5H3;1-5H,(H,10,11);1H2;/q;;;+1/p-1. The Balaban J connectivity index is 0.000000491. The van der Waals surface area contributed by atoms with E-state index in [1.807, 2.05) is 30.3 Å². The Labute approximate surface area is 269 Å². The second-order valence-electron chi connectivity index (χ2n) is 9.65. The van der Waals surface area contributed by atoms with E-state index in [0.29, 0.717) is 11.8 Å². The number of carboxylic acid groups (broad SMARTS) is 1. The number of nitrogens with zero attached hydrogens (tertiary/aromatic N) is 2. The van der Waals surface area contributed by atoms with Crippen molar-refractivity contribution in [3.8, 4) is 11.3 Å². The SMILES string of the molecule is CC(=Nc1c(C(C)C)cccc1C(C)C)c1cccc(-c2ccccc2)n1.ClCCl.O=C([O-])C(=O)c1ccccc1.[Cu+]. The van der Waals surface area contributed by atoms with Gasteiger partial charge in [0.1, 0.15) is 5.97 Å². The van der Waals surface area contributed by atoms with Crippen LogP contribution in [0.3, 0.4) is 0 Å². The molecule has 0 amide bonds. The number of ketones is 1. The quantitative estimate of drug-likeness (QED) is 0.0662. The molecule has 0 spiro atoms. The third-order valence-electron chi connectivity index (χ3n) is 6.03. The molecule has 0 atom stereocenters. The Morgan fingerprint density at radius 2 is 1.24 bits per heavy atom. The van der Waals surface area contributed by atoms with Crippen LogP contribution in [0.25, 0.3) is 11.3 Å². The topological polar surface area (TPSA) is 82.4 Å².